The first-order valence-electron chi connectivity index (χ1n) is 9.00. The van der Waals surface area contributed by atoms with Crippen molar-refractivity contribution in [1.29, 1.82) is 0 Å². The maximum Gasteiger partial charge on any atom is 0.266 e. The molecule has 2 heterocycles. The highest BCUT2D eigenvalue weighted by atomic mass is 32.1. The molecule has 1 amide bonds. The number of rotatable bonds is 4. The molecule has 1 aliphatic heterocycles. The standard InChI is InChI=1S/C18H29N3O2S/c1-5-15-19-13(2)16(24-15)17(22)21-12-18(8-6-7-9-18)23-11-14(21)10-20(3)4/h14H,5-12H2,1-4H3. The van der Waals surface area contributed by atoms with E-state index in [-0.39, 0.29) is 17.6 Å². The van der Waals surface area contributed by atoms with Gasteiger partial charge in [0, 0.05) is 6.54 Å². The maximum absolute atomic E-state index is 13.3. The number of hydrogen-bond donors (Lipinski definition) is 0. The number of aromatic nitrogens is 1. The number of hydrogen-bond acceptors (Lipinski definition) is 5. The lowest BCUT2D eigenvalue weighted by molar-refractivity contribution is -0.121. The van der Waals surface area contributed by atoms with E-state index in [0.717, 1.165) is 47.9 Å². The van der Waals surface area contributed by atoms with E-state index in [1.807, 2.05) is 6.92 Å². The topological polar surface area (TPSA) is 45.7 Å². The summed E-state index contributed by atoms with van der Waals surface area (Å²) in [6, 6.07) is 0.116. The molecule has 0 N–H and O–H groups in total. The van der Waals surface area contributed by atoms with Crippen molar-refractivity contribution in [2.45, 2.75) is 57.6 Å². The van der Waals surface area contributed by atoms with Gasteiger partial charge in [-0.05, 0) is 40.3 Å². The van der Waals surface area contributed by atoms with E-state index in [2.05, 4.69) is 35.8 Å². The van der Waals surface area contributed by atoms with Crippen LogP contribution in [0.1, 0.15) is 53.0 Å². The first kappa shape index (κ1) is 17.8. The molecule has 1 saturated carbocycles. The Kier molecular flexibility index (Phi) is 5.27. The lowest BCUT2D eigenvalue weighted by Gasteiger charge is -2.46. The Hall–Kier alpha value is -0.980. The van der Waals surface area contributed by atoms with E-state index in [4.69, 9.17) is 4.74 Å². The Morgan fingerprint density at radius 2 is 2.12 bits per heavy atom. The zero-order valence-corrected chi connectivity index (χ0v) is 16.1. The third-order valence-corrected chi connectivity index (χ3v) is 6.46. The highest BCUT2D eigenvalue weighted by molar-refractivity contribution is 7.13. The number of ether oxygens (including phenoxy) is 1. The largest absolute Gasteiger partial charge is 0.371 e. The Balaban J connectivity index is 1.86. The van der Waals surface area contributed by atoms with Crippen molar-refractivity contribution in [2.24, 2.45) is 0 Å². The molecule has 5 nitrogen and oxygen atoms in total. The van der Waals surface area contributed by atoms with Gasteiger partial charge in [-0.1, -0.05) is 19.8 Å². The number of carbonyl (C=O) groups is 1. The Bertz CT molecular complexity index is 593. The molecule has 0 bridgehead atoms. The van der Waals surface area contributed by atoms with Crippen molar-refractivity contribution in [3.05, 3.63) is 15.6 Å². The number of morpholine rings is 1. The normalized spacial score (nSPS) is 23.4. The molecule has 1 saturated heterocycles. The molecule has 0 aromatic carbocycles. The molecule has 1 spiro atoms. The van der Waals surface area contributed by atoms with Gasteiger partial charge in [-0.2, -0.15) is 0 Å². The van der Waals surface area contributed by atoms with Crippen LogP contribution in [0, 0.1) is 6.92 Å². The van der Waals surface area contributed by atoms with E-state index >= 15 is 0 Å². The molecule has 0 radical (unpaired) electrons. The molecule has 1 aliphatic carbocycles. The molecular weight excluding hydrogens is 322 g/mol. The highest BCUT2D eigenvalue weighted by Gasteiger charge is 2.44. The van der Waals surface area contributed by atoms with Crippen LogP contribution in [0.5, 0.6) is 0 Å². The summed E-state index contributed by atoms with van der Waals surface area (Å²) in [7, 11) is 4.10. The predicted octanol–water partition coefficient (Wildman–Crippen LogP) is 2.73. The van der Waals surface area contributed by atoms with E-state index in [1.54, 1.807) is 11.3 Å². The summed E-state index contributed by atoms with van der Waals surface area (Å²) in [4.78, 5) is 22.9. The van der Waals surface area contributed by atoms with E-state index < -0.39 is 0 Å². The minimum Gasteiger partial charge on any atom is -0.371 e. The summed E-state index contributed by atoms with van der Waals surface area (Å²) in [5.41, 5.74) is 0.766. The van der Waals surface area contributed by atoms with E-state index in [0.29, 0.717) is 6.61 Å². The summed E-state index contributed by atoms with van der Waals surface area (Å²) in [5, 5.41) is 1.05. The second kappa shape index (κ2) is 7.10. The molecule has 1 unspecified atom stereocenters. The summed E-state index contributed by atoms with van der Waals surface area (Å²) in [5.74, 6) is 0.145. The fourth-order valence-corrected chi connectivity index (χ4v) is 4.87. The van der Waals surface area contributed by atoms with Crippen LogP contribution in [0.15, 0.2) is 0 Å². The SMILES string of the molecule is CCc1nc(C)c(C(=O)N2CC3(CCCC3)OCC2CN(C)C)s1. The number of nitrogens with zero attached hydrogens (tertiary/aromatic N) is 3. The average Bonchev–Trinajstić information content (AvgIpc) is 3.15. The van der Waals surface area contributed by atoms with Gasteiger partial charge >= 0.3 is 0 Å². The highest BCUT2D eigenvalue weighted by Crippen LogP contribution is 2.38. The Morgan fingerprint density at radius 3 is 2.71 bits per heavy atom. The van der Waals surface area contributed by atoms with Gasteiger partial charge in [0.05, 0.1) is 35.5 Å². The van der Waals surface area contributed by atoms with Crippen LogP contribution in [0.4, 0.5) is 0 Å². The van der Waals surface area contributed by atoms with Gasteiger partial charge < -0.3 is 14.5 Å². The number of thiazole rings is 1. The van der Waals surface area contributed by atoms with Crippen molar-refractivity contribution >= 4 is 17.2 Å². The van der Waals surface area contributed by atoms with Crippen molar-refractivity contribution in [3.63, 3.8) is 0 Å². The zero-order chi connectivity index (χ0) is 17.3. The molecule has 1 atom stereocenters. The van der Waals surface area contributed by atoms with Crippen LogP contribution in [0.2, 0.25) is 0 Å². The minimum absolute atomic E-state index is 0.106. The van der Waals surface area contributed by atoms with Crippen molar-refractivity contribution in [1.82, 2.24) is 14.8 Å². The fraction of sp³-hybridized carbons (Fsp3) is 0.778. The first-order valence-corrected chi connectivity index (χ1v) is 9.82. The number of amides is 1. The Morgan fingerprint density at radius 1 is 1.42 bits per heavy atom. The predicted molar refractivity (Wildman–Crippen MR) is 96.8 cm³/mol. The van der Waals surface area contributed by atoms with Crippen molar-refractivity contribution in [3.8, 4) is 0 Å². The molecule has 134 valence electrons. The maximum atomic E-state index is 13.3. The number of carbonyl (C=O) groups excluding carboxylic acids is 1. The van der Waals surface area contributed by atoms with Gasteiger partial charge in [0.1, 0.15) is 4.88 Å². The Labute approximate surface area is 149 Å². The molecular formula is C18H29N3O2S. The summed E-state index contributed by atoms with van der Waals surface area (Å²) in [6.07, 6.45) is 5.45. The van der Waals surface area contributed by atoms with Gasteiger partial charge in [0.2, 0.25) is 0 Å². The molecule has 6 heteroatoms. The first-order chi connectivity index (χ1) is 11.4. The third-order valence-electron chi connectivity index (χ3n) is 5.17. The van der Waals surface area contributed by atoms with Crippen LogP contribution >= 0.6 is 11.3 Å². The molecule has 2 aliphatic rings. The van der Waals surface area contributed by atoms with Crippen LogP contribution in [0.3, 0.4) is 0 Å². The second-order valence-electron chi connectivity index (χ2n) is 7.43. The van der Waals surface area contributed by atoms with Gasteiger partial charge in [-0.3, -0.25) is 4.79 Å². The second-order valence-corrected chi connectivity index (χ2v) is 8.51. The van der Waals surface area contributed by atoms with Gasteiger partial charge in [0.25, 0.3) is 5.91 Å². The average molecular weight is 352 g/mol. The molecule has 24 heavy (non-hydrogen) atoms. The van der Waals surface area contributed by atoms with Gasteiger partial charge in [-0.15, -0.1) is 11.3 Å². The smallest absolute Gasteiger partial charge is 0.266 e. The monoisotopic (exact) mass is 351 g/mol. The molecule has 2 fully saturated rings. The van der Waals surface area contributed by atoms with Crippen LogP contribution in [-0.2, 0) is 11.2 Å². The lowest BCUT2D eigenvalue weighted by Crippen LogP contribution is -2.59. The van der Waals surface area contributed by atoms with Crippen LogP contribution < -0.4 is 0 Å². The van der Waals surface area contributed by atoms with Crippen molar-refractivity contribution in [2.75, 3.05) is 33.8 Å². The molecule has 1 aromatic rings. The van der Waals surface area contributed by atoms with Gasteiger partial charge in [-0.25, -0.2) is 4.98 Å². The van der Waals surface area contributed by atoms with Crippen LogP contribution in [-0.4, -0.2) is 66.1 Å². The van der Waals surface area contributed by atoms with E-state index in [1.165, 1.54) is 12.8 Å². The summed E-state index contributed by atoms with van der Waals surface area (Å²) < 4.78 is 6.28. The van der Waals surface area contributed by atoms with E-state index in [9.17, 15) is 4.79 Å². The lowest BCUT2D eigenvalue weighted by atomic mass is 9.97. The molecule has 1 aromatic heterocycles. The van der Waals surface area contributed by atoms with Gasteiger partial charge in [0.15, 0.2) is 0 Å². The number of aryl methyl sites for hydroxylation is 2. The van der Waals surface area contributed by atoms with Crippen molar-refractivity contribution < 1.29 is 9.53 Å². The number of likely N-dealkylation sites (N-methyl/N-ethyl adjacent to an activating group) is 1. The molecule has 3 rings (SSSR count). The third kappa shape index (κ3) is 3.51. The quantitative estimate of drug-likeness (QED) is 0.837. The van der Waals surface area contributed by atoms with Crippen LogP contribution in [0.25, 0.3) is 0 Å². The summed E-state index contributed by atoms with van der Waals surface area (Å²) in [6.45, 7) is 6.24. The zero-order valence-electron chi connectivity index (χ0n) is 15.3. The summed E-state index contributed by atoms with van der Waals surface area (Å²) >= 11 is 1.56. The fourth-order valence-electron chi connectivity index (χ4n) is 3.91. The minimum atomic E-state index is -0.106.